The number of hydrogen-bond acceptors (Lipinski definition) is 4. The van der Waals surface area contributed by atoms with Gasteiger partial charge in [0.25, 0.3) is 0 Å². The molecule has 4 nitrogen and oxygen atoms in total. The molecule has 2 aromatic heterocycles. The molecule has 0 aliphatic rings. The lowest BCUT2D eigenvalue weighted by molar-refractivity contribution is 0.473. The highest BCUT2D eigenvalue weighted by Crippen LogP contribution is 2.38. The maximum atomic E-state index is 11.1. The zero-order valence-corrected chi connectivity index (χ0v) is 26.4. The number of rotatable bonds is 7. The summed E-state index contributed by atoms with van der Waals surface area (Å²) in [6.07, 6.45) is 1.87. The van der Waals surface area contributed by atoms with Crippen LogP contribution in [-0.4, -0.2) is 15.1 Å². The molecule has 0 spiro atoms. The van der Waals surface area contributed by atoms with Gasteiger partial charge in [0.1, 0.15) is 11.3 Å². The molecule has 0 aliphatic heterocycles. The Morgan fingerprint density at radius 1 is 0.521 bits per heavy atom. The van der Waals surface area contributed by atoms with Crippen LogP contribution in [0.4, 0.5) is 0 Å². The largest absolute Gasteiger partial charge is 0.507 e. The number of pyridine rings is 1. The monoisotopic (exact) mass is 620 g/mol. The van der Waals surface area contributed by atoms with Crippen molar-refractivity contribution >= 4 is 11.1 Å². The van der Waals surface area contributed by atoms with Crippen LogP contribution in [0.5, 0.6) is 5.75 Å². The van der Waals surface area contributed by atoms with Crippen LogP contribution in [0.3, 0.4) is 0 Å². The molecule has 48 heavy (non-hydrogen) atoms. The number of benzene rings is 6. The summed E-state index contributed by atoms with van der Waals surface area (Å²) >= 11 is 0. The van der Waals surface area contributed by atoms with E-state index in [0.717, 1.165) is 44.6 Å². The SMILES string of the molecule is CC(c1ccccc1)c1ccc(-c2nc3c(-c4cccc(-c5cc(-c6ccc(-c7ccccc7)cc6)ccn5)c4)cccc3o2)c(O)c1. The first-order valence-electron chi connectivity index (χ1n) is 16.1. The van der Waals surface area contributed by atoms with E-state index in [1.54, 1.807) is 0 Å². The van der Waals surface area contributed by atoms with Gasteiger partial charge in [-0.1, -0.05) is 128 Å². The lowest BCUT2D eigenvalue weighted by Crippen LogP contribution is -1.96. The molecule has 2 heterocycles. The molecule has 0 aliphatic carbocycles. The second kappa shape index (κ2) is 12.5. The minimum atomic E-state index is 0.143. The first-order chi connectivity index (χ1) is 23.6. The third-order valence-electron chi connectivity index (χ3n) is 9.03. The van der Waals surface area contributed by atoms with Crippen molar-refractivity contribution < 1.29 is 9.52 Å². The smallest absolute Gasteiger partial charge is 0.231 e. The van der Waals surface area contributed by atoms with E-state index in [9.17, 15) is 5.11 Å². The van der Waals surface area contributed by atoms with Crippen molar-refractivity contribution in [2.45, 2.75) is 12.8 Å². The zero-order valence-electron chi connectivity index (χ0n) is 26.4. The number of fused-ring (bicyclic) bond motifs is 1. The Bertz CT molecular complexity index is 2360. The second-order valence-electron chi connectivity index (χ2n) is 12.0. The number of hydrogen-bond donors (Lipinski definition) is 1. The van der Waals surface area contributed by atoms with E-state index in [1.807, 2.05) is 72.9 Å². The Balaban J connectivity index is 1.09. The maximum absolute atomic E-state index is 11.1. The Hall–Kier alpha value is -6.26. The van der Waals surface area contributed by atoms with E-state index in [0.29, 0.717) is 17.0 Å². The molecule has 0 amide bonds. The average Bonchev–Trinajstić information content (AvgIpc) is 3.60. The van der Waals surface area contributed by atoms with Gasteiger partial charge in [-0.25, -0.2) is 4.98 Å². The molecule has 4 heteroatoms. The van der Waals surface area contributed by atoms with Gasteiger partial charge in [-0.3, -0.25) is 4.98 Å². The summed E-state index contributed by atoms with van der Waals surface area (Å²) < 4.78 is 6.21. The van der Waals surface area contributed by atoms with Gasteiger partial charge in [-0.2, -0.15) is 0 Å². The normalized spacial score (nSPS) is 11.9. The number of phenols is 1. The van der Waals surface area contributed by atoms with Crippen LogP contribution < -0.4 is 0 Å². The molecular formula is C44H32N2O2. The summed E-state index contributed by atoms with van der Waals surface area (Å²) in [5.74, 6) is 0.674. The second-order valence-corrected chi connectivity index (χ2v) is 12.0. The van der Waals surface area contributed by atoms with E-state index >= 15 is 0 Å². The Kier molecular flexibility index (Phi) is 7.60. The molecule has 8 aromatic rings. The average molecular weight is 621 g/mol. The third kappa shape index (κ3) is 5.65. The minimum absolute atomic E-state index is 0.143. The number of para-hydroxylation sites is 1. The molecule has 230 valence electrons. The molecule has 0 fully saturated rings. The van der Waals surface area contributed by atoms with Crippen molar-refractivity contribution in [3.05, 3.63) is 175 Å². The van der Waals surface area contributed by atoms with Crippen molar-refractivity contribution in [3.8, 4) is 61.8 Å². The van der Waals surface area contributed by atoms with E-state index in [4.69, 9.17) is 14.4 Å². The topological polar surface area (TPSA) is 59.2 Å². The van der Waals surface area contributed by atoms with Crippen molar-refractivity contribution in [3.63, 3.8) is 0 Å². The van der Waals surface area contributed by atoms with Gasteiger partial charge >= 0.3 is 0 Å². The Morgan fingerprint density at radius 3 is 1.96 bits per heavy atom. The Morgan fingerprint density at radius 2 is 1.19 bits per heavy atom. The number of aromatic nitrogens is 2. The van der Waals surface area contributed by atoms with E-state index in [2.05, 4.69) is 97.9 Å². The number of nitrogens with zero attached hydrogens (tertiary/aromatic N) is 2. The van der Waals surface area contributed by atoms with Gasteiger partial charge < -0.3 is 9.52 Å². The fourth-order valence-electron chi connectivity index (χ4n) is 6.33. The van der Waals surface area contributed by atoms with Gasteiger partial charge in [-0.15, -0.1) is 0 Å². The summed E-state index contributed by atoms with van der Waals surface area (Å²) in [5, 5.41) is 11.1. The summed E-state index contributed by atoms with van der Waals surface area (Å²) in [6.45, 7) is 2.14. The minimum Gasteiger partial charge on any atom is -0.507 e. The van der Waals surface area contributed by atoms with Crippen LogP contribution in [0.1, 0.15) is 24.0 Å². The van der Waals surface area contributed by atoms with E-state index < -0.39 is 0 Å². The standard InChI is InChI=1S/C44H32N2O2/c1-29(30-10-4-2-5-11-30)34-22-23-39(41(47)28-34)44-46-43-38(16-9-17-42(43)48-44)36-14-8-15-37(26-36)40-27-35(24-25-45-40)33-20-18-32(19-21-33)31-12-6-3-7-13-31/h2-29,47H,1H3. The predicted octanol–water partition coefficient (Wildman–Crippen LogP) is 11.4. The molecule has 0 radical (unpaired) electrons. The van der Waals surface area contributed by atoms with Crippen LogP contribution in [0.25, 0.3) is 67.2 Å². The quantitative estimate of drug-likeness (QED) is 0.193. The molecular weight excluding hydrogens is 588 g/mol. The van der Waals surface area contributed by atoms with Crippen LogP contribution in [0.15, 0.2) is 168 Å². The molecule has 0 bridgehead atoms. The molecule has 8 rings (SSSR count). The molecule has 0 saturated heterocycles. The van der Waals surface area contributed by atoms with E-state index in [-0.39, 0.29) is 11.7 Å². The van der Waals surface area contributed by atoms with Crippen molar-refractivity contribution in [1.29, 1.82) is 0 Å². The summed E-state index contributed by atoms with van der Waals surface area (Å²) in [4.78, 5) is 9.62. The molecule has 6 aromatic carbocycles. The molecule has 1 unspecified atom stereocenters. The number of phenolic OH excluding ortho intramolecular Hbond substituents is 1. The molecule has 0 saturated carbocycles. The lowest BCUT2D eigenvalue weighted by atomic mass is 9.92. The van der Waals surface area contributed by atoms with Crippen LogP contribution in [0.2, 0.25) is 0 Å². The van der Waals surface area contributed by atoms with Crippen molar-refractivity contribution in [1.82, 2.24) is 9.97 Å². The lowest BCUT2D eigenvalue weighted by Gasteiger charge is -2.13. The highest BCUT2D eigenvalue weighted by molar-refractivity contribution is 5.93. The number of aromatic hydroxyl groups is 1. The van der Waals surface area contributed by atoms with Gasteiger partial charge in [0, 0.05) is 23.2 Å². The van der Waals surface area contributed by atoms with Gasteiger partial charge in [0.15, 0.2) is 5.58 Å². The third-order valence-corrected chi connectivity index (χ3v) is 9.03. The van der Waals surface area contributed by atoms with Gasteiger partial charge in [0.05, 0.1) is 11.3 Å². The maximum Gasteiger partial charge on any atom is 0.231 e. The fraction of sp³-hybridized carbons (Fsp3) is 0.0455. The molecule has 1 N–H and O–H groups in total. The summed E-state index contributed by atoms with van der Waals surface area (Å²) in [7, 11) is 0. The van der Waals surface area contributed by atoms with Crippen molar-refractivity contribution in [2.75, 3.05) is 0 Å². The van der Waals surface area contributed by atoms with Gasteiger partial charge in [0.2, 0.25) is 5.89 Å². The highest BCUT2D eigenvalue weighted by atomic mass is 16.3. The van der Waals surface area contributed by atoms with Crippen LogP contribution in [0, 0.1) is 0 Å². The van der Waals surface area contributed by atoms with Crippen LogP contribution >= 0.6 is 0 Å². The van der Waals surface area contributed by atoms with Crippen molar-refractivity contribution in [2.24, 2.45) is 0 Å². The van der Waals surface area contributed by atoms with Crippen LogP contribution in [-0.2, 0) is 0 Å². The summed E-state index contributed by atoms with van der Waals surface area (Å²) in [6, 6.07) is 53.6. The first-order valence-corrected chi connectivity index (χ1v) is 16.1. The first kappa shape index (κ1) is 29.2. The number of oxazole rings is 1. The Labute approximate surface area is 279 Å². The van der Waals surface area contributed by atoms with Gasteiger partial charge in [-0.05, 0) is 75.3 Å². The zero-order chi connectivity index (χ0) is 32.5. The highest BCUT2D eigenvalue weighted by Gasteiger charge is 2.18. The molecule has 1 atom stereocenters. The fourth-order valence-corrected chi connectivity index (χ4v) is 6.33. The predicted molar refractivity (Wildman–Crippen MR) is 195 cm³/mol. The van der Waals surface area contributed by atoms with E-state index in [1.165, 1.54) is 16.7 Å². The summed E-state index contributed by atoms with van der Waals surface area (Å²) in [5.41, 5.74) is 12.7.